The van der Waals surface area contributed by atoms with Crippen molar-refractivity contribution in [1.29, 1.82) is 0 Å². The number of morpholine rings is 1. The Bertz CT molecular complexity index is 497. The number of rotatable bonds is 8. The number of ether oxygens (including phenoxy) is 1. The van der Waals surface area contributed by atoms with Crippen molar-refractivity contribution in [3.63, 3.8) is 0 Å². The second kappa shape index (κ2) is 10.7. The number of unbranched alkanes of at least 4 members (excludes halogenated alkanes) is 1. The van der Waals surface area contributed by atoms with Gasteiger partial charge in [0.25, 0.3) is 0 Å². The van der Waals surface area contributed by atoms with Gasteiger partial charge in [-0.3, -0.25) is 9.89 Å². The molecule has 5 nitrogen and oxygen atoms in total. The van der Waals surface area contributed by atoms with Gasteiger partial charge in [-0.15, -0.1) is 11.3 Å². The molecule has 136 valence electrons. The first-order chi connectivity index (χ1) is 11.7. The van der Waals surface area contributed by atoms with E-state index >= 15 is 0 Å². The van der Waals surface area contributed by atoms with Crippen LogP contribution in [0.4, 0.5) is 0 Å². The molecule has 0 bridgehead atoms. The van der Waals surface area contributed by atoms with Crippen LogP contribution in [-0.4, -0.2) is 63.3 Å². The predicted octanol–water partition coefficient (Wildman–Crippen LogP) is 2.26. The van der Waals surface area contributed by atoms with Crippen LogP contribution in [0, 0.1) is 6.92 Å². The third-order valence-corrected chi connectivity index (χ3v) is 5.23. The minimum absolute atomic E-state index is 0.377. The highest BCUT2D eigenvalue weighted by Gasteiger charge is 2.10. The molecule has 0 amide bonds. The number of hydrogen-bond donors (Lipinski definition) is 2. The Labute approximate surface area is 150 Å². The van der Waals surface area contributed by atoms with Gasteiger partial charge in [0.1, 0.15) is 0 Å². The Hall–Kier alpha value is -1.11. The van der Waals surface area contributed by atoms with Crippen molar-refractivity contribution in [3.8, 4) is 0 Å². The number of hydrogen-bond acceptors (Lipinski definition) is 4. The van der Waals surface area contributed by atoms with E-state index in [1.165, 1.54) is 22.7 Å². The average molecular weight is 353 g/mol. The first-order valence-corrected chi connectivity index (χ1v) is 9.81. The van der Waals surface area contributed by atoms with E-state index in [2.05, 4.69) is 46.5 Å². The van der Waals surface area contributed by atoms with E-state index in [4.69, 9.17) is 4.74 Å². The van der Waals surface area contributed by atoms with Gasteiger partial charge in [0.05, 0.1) is 13.2 Å². The van der Waals surface area contributed by atoms with Gasteiger partial charge in [-0.1, -0.05) is 0 Å². The van der Waals surface area contributed by atoms with Crippen molar-refractivity contribution in [2.45, 2.75) is 39.2 Å². The van der Waals surface area contributed by atoms with Gasteiger partial charge in [0, 0.05) is 48.9 Å². The number of nitrogens with zero attached hydrogens (tertiary/aromatic N) is 2. The van der Waals surface area contributed by atoms with Crippen LogP contribution in [0.3, 0.4) is 0 Å². The van der Waals surface area contributed by atoms with E-state index in [0.29, 0.717) is 6.04 Å². The van der Waals surface area contributed by atoms with E-state index in [-0.39, 0.29) is 0 Å². The first-order valence-electron chi connectivity index (χ1n) is 9.00. The van der Waals surface area contributed by atoms with E-state index in [0.717, 1.165) is 51.6 Å². The fourth-order valence-electron chi connectivity index (χ4n) is 2.87. The Morgan fingerprint density at radius 3 is 2.79 bits per heavy atom. The van der Waals surface area contributed by atoms with Crippen molar-refractivity contribution in [3.05, 3.63) is 21.9 Å². The largest absolute Gasteiger partial charge is 0.379 e. The number of nitrogens with one attached hydrogen (secondary N) is 2. The summed E-state index contributed by atoms with van der Waals surface area (Å²) >= 11 is 1.87. The van der Waals surface area contributed by atoms with Crippen LogP contribution >= 0.6 is 11.3 Å². The van der Waals surface area contributed by atoms with Crippen molar-refractivity contribution >= 4 is 17.3 Å². The molecule has 0 aromatic carbocycles. The van der Waals surface area contributed by atoms with Crippen LogP contribution in [0.25, 0.3) is 0 Å². The molecule has 1 aromatic heterocycles. The molecule has 0 saturated carbocycles. The zero-order valence-electron chi connectivity index (χ0n) is 15.3. The topological polar surface area (TPSA) is 48.9 Å². The molecule has 1 aliphatic rings. The maximum absolute atomic E-state index is 5.38. The molecule has 1 aromatic rings. The molecule has 2 rings (SSSR count). The monoisotopic (exact) mass is 352 g/mol. The van der Waals surface area contributed by atoms with Crippen LogP contribution < -0.4 is 10.6 Å². The Morgan fingerprint density at radius 2 is 2.12 bits per heavy atom. The maximum atomic E-state index is 5.38. The molecule has 2 heterocycles. The zero-order chi connectivity index (χ0) is 17.2. The second-order valence-electron chi connectivity index (χ2n) is 6.42. The molecule has 1 saturated heterocycles. The van der Waals surface area contributed by atoms with Crippen LogP contribution in [0.2, 0.25) is 0 Å². The van der Waals surface area contributed by atoms with Crippen molar-refractivity contribution in [2.24, 2.45) is 4.99 Å². The predicted molar refractivity (Wildman–Crippen MR) is 103 cm³/mol. The van der Waals surface area contributed by atoms with Crippen molar-refractivity contribution in [1.82, 2.24) is 15.5 Å². The third-order valence-electron chi connectivity index (χ3n) is 4.21. The van der Waals surface area contributed by atoms with Gasteiger partial charge in [-0.25, -0.2) is 0 Å². The molecule has 2 N–H and O–H groups in total. The molecular formula is C18H32N4OS. The van der Waals surface area contributed by atoms with E-state index < -0.39 is 0 Å². The highest BCUT2D eigenvalue weighted by molar-refractivity contribution is 7.11. The molecule has 24 heavy (non-hydrogen) atoms. The summed E-state index contributed by atoms with van der Waals surface area (Å²) in [5, 5.41) is 6.91. The summed E-state index contributed by atoms with van der Waals surface area (Å²) in [7, 11) is 1.84. The van der Waals surface area contributed by atoms with Crippen LogP contribution in [0.1, 0.15) is 29.5 Å². The molecule has 1 aliphatic heterocycles. The standard InChI is InChI=1S/C18H32N4OS/c1-15(14-17-7-6-16(2)24-17)21-18(19-3)20-8-4-5-9-22-10-12-23-13-11-22/h6-7,15H,4-5,8-14H2,1-3H3,(H2,19,20,21). The lowest BCUT2D eigenvalue weighted by molar-refractivity contribution is 0.0372. The van der Waals surface area contributed by atoms with Crippen LogP contribution in [-0.2, 0) is 11.2 Å². The Kier molecular flexibility index (Phi) is 8.56. The maximum Gasteiger partial charge on any atom is 0.191 e. The summed E-state index contributed by atoms with van der Waals surface area (Å²) in [5.41, 5.74) is 0. The smallest absolute Gasteiger partial charge is 0.191 e. The summed E-state index contributed by atoms with van der Waals surface area (Å²) in [5.74, 6) is 0.905. The Balaban J connectivity index is 1.57. The first kappa shape index (κ1) is 19.2. The number of aliphatic imine (C=N–C) groups is 1. The molecule has 0 spiro atoms. The summed E-state index contributed by atoms with van der Waals surface area (Å²) in [6, 6.07) is 4.79. The van der Waals surface area contributed by atoms with E-state index in [1.807, 2.05) is 18.4 Å². The van der Waals surface area contributed by atoms with Gasteiger partial charge in [-0.2, -0.15) is 0 Å². The van der Waals surface area contributed by atoms with Crippen LogP contribution in [0.5, 0.6) is 0 Å². The summed E-state index contributed by atoms with van der Waals surface area (Å²) in [6.45, 7) is 10.4. The molecule has 0 aliphatic carbocycles. The summed E-state index contributed by atoms with van der Waals surface area (Å²) in [4.78, 5) is 9.62. The number of guanidine groups is 1. The third kappa shape index (κ3) is 7.20. The molecule has 1 fully saturated rings. The van der Waals surface area contributed by atoms with Gasteiger partial charge in [-0.05, 0) is 45.4 Å². The van der Waals surface area contributed by atoms with E-state index in [9.17, 15) is 0 Å². The number of thiophene rings is 1. The number of aryl methyl sites for hydroxylation is 1. The fraction of sp³-hybridized carbons (Fsp3) is 0.722. The summed E-state index contributed by atoms with van der Waals surface area (Å²) < 4.78 is 5.38. The molecular weight excluding hydrogens is 320 g/mol. The zero-order valence-corrected chi connectivity index (χ0v) is 16.1. The second-order valence-corrected chi connectivity index (χ2v) is 7.79. The lowest BCUT2D eigenvalue weighted by Crippen LogP contribution is -2.43. The quantitative estimate of drug-likeness (QED) is 0.428. The Morgan fingerprint density at radius 1 is 1.33 bits per heavy atom. The van der Waals surface area contributed by atoms with Crippen molar-refractivity contribution in [2.75, 3.05) is 46.4 Å². The minimum Gasteiger partial charge on any atom is -0.379 e. The minimum atomic E-state index is 0.377. The van der Waals surface area contributed by atoms with Gasteiger partial charge in [0.15, 0.2) is 5.96 Å². The van der Waals surface area contributed by atoms with Gasteiger partial charge in [0.2, 0.25) is 0 Å². The molecule has 1 unspecified atom stereocenters. The normalized spacial score (nSPS) is 17.7. The van der Waals surface area contributed by atoms with Crippen molar-refractivity contribution < 1.29 is 4.74 Å². The lowest BCUT2D eigenvalue weighted by atomic mass is 10.2. The average Bonchev–Trinajstić information content (AvgIpc) is 2.99. The fourth-order valence-corrected chi connectivity index (χ4v) is 3.89. The van der Waals surface area contributed by atoms with E-state index in [1.54, 1.807) is 0 Å². The molecule has 6 heteroatoms. The molecule has 0 radical (unpaired) electrons. The van der Waals surface area contributed by atoms with Crippen LogP contribution in [0.15, 0.2) is 17.1 Å². The highest BCUT2D eigenvalue weighted by Crippen LogP contribution is 2.16. The summed E-state index contributed by atoms with van der Waals surface area (Å²) in [6.07, 6.45) is 3.42. The van der Waals surface area contributed by atoms with Gasteiger partial charge < -0.3 is 15.4 Å². The molecule has 1 atom stereocenters. The highest BCUT2D eigenvalue weighted by atomic mass is 32.1. The van der Waals surface area contributed by atoms with Gasteiger partial charge >= 0.3 is 0 Å². The lowest BCUT2D eigenvalue weighted by Gasteiger charge is -2.26. The SMILES string of the molecule is CN=C(NCCCCN1CCOCC1)NC(C)Cc1ccc(C)s1.